The average molecular weight is 339 g/mol. The number of tetrazole rings is 1. The molecule has 7 nitrogen and oxygen atoms in total. The van der Waals surface area contributed by atoms with Crippen molar-refractivity contribution in [1.29, 1.82) is 0 Å². The summed E-state index contributed by atoms with van der Waals surface area (Å²) in [4.78, 5) is 3.75. The highest BCUT2D eigenvalue weighted by molar-refractivity contribution is 5.48. The molecule has 1 N–H and O–H groups in total. The summed E-state index contributed by atoms with van der Waals surface area (Å²) in [5, 5.41) is 19.9. The molecule has 0 aliphatic carbocycles. The summed E-state index contributed by atoms with van der Waals surface area (Å²) in [5.41, 5.74) is 0.149. The molecule has 0 aliphatic rings. The summed E-state index contributed by atoms with van der Waals surface area (Å²) in [7, 11) is 0. The predicted molar refractivity (Wildman–Crippen MR) is 82.1 cm³/mol. The van der Waals surface area contributed by atoms with Crippen LogP contribution in [0.5, 0.6) is 0 Å². The maximum Gasteiger partial charge on any atom is 0.316 e. The first-order chi connectivity index (χ1) is 11.4. The Kier molecular flexibility index (Phi) is 6.04. The van der Waals surface area contributed by atoms with Crippen LogP contribution < -0.4 is 0 Å². The van der Waals surface area contributed by atoms with E-state index < -0.39 is 24.3 Å². The van der Waals surface area contributed by atoms with E-state index in [1.54, 1.807) is 12.2 Å². The number of aliphatic hydroxyl groups excluding tert-OH is 1. The lowest BCUT2D eigenvalue weighted by molar-refractivity contribution is -0.124. The van der Waals surface area contributed by atoms with Gasteiger partial charge in [0.05, 0.1) is 19.3 Å². The summed E-state index contributed by atoms with van der Waals surface area (Å²) in [6, 6.07) is 2.69. The minimum atomic E-state index is -3.52. The standard InChI is InChI=1S/C15H19F2N5O2/c1-11(2)24-7-3-4-12-5-6-13(18-8-12)15(16,17)14(23)9-22-10-19-20-21-22/h3-6,8,10-11,14,23H,7,9H2,1-2H3. The highest BCUT2D eigenvalue weighted by Gasteiger charge is 2.42. The zero-order chi connectivity index (χ0) is 17.6. The Morgan fingerprint density at radius 3 is 2.75 bits per heavy atom. The van der Waals surface area contributed by atoms with Gasteiger partial charge >= 0.3 is 5.92 Å². The van der Waals surface area contributed by atoms with Crippen molar-refractivity contribution < 1.29 is 18.6 Å². The number of aromatic nitrogens is 5. The van der Waals surface area contributed by atoms with E-state index in [9.17, 15) is 13.9 Å². The van der Waals surface area contributed by atoms with Gasteiger partial charge in [-0.2, -0.15) is 8.78 Å². The van der Waals surface area contributed by atoms with Gasteiger partial charge in [-0.15, -0.1) is 5.10 Å². The Morgan fingerprint density at radius 2 is 2.17 bits per heavy atom. The van der Waals surface area contributed by atoms with Gasteiger partial charge in [-0.05, 0) is 35.9 Å². The van der Waals surface area contributed by atoms with Gasteiger partial charge in [0, 0.05) is 6.20 Å². The monoisotopic (exact) mass is 339 g/mol. The lowest BCUT2D eigenvalue weighted by Crippen LogP contribution is -2.35. The fourth-order valence-corrected chi connectivity index (χ4v) is 1.86. The summed E-state index contributed by atoms with van der Waals surface area (Å²) < 4.78 is 34.8. The van der Waals surface area contributed by atoms with Gasteiger partial charge in [0.15, 0.2) is 0 Å². The molecule has 2 aromatic rings. The number of halogens is 2. The second-order valence-corrected chi connectivity index (χ2v) is 5.43. The van der Waals surface area contributed by atoms with Gasteiger partial charge in [0.2, 0.25) is 0 Å². The topological polar surface area (TPSA) is 86.0 Å². The van der Waals surface area contributed by atoms with Gasteiger partial charge in [-0.25, -0.2) is 4.68 Å². The van der Waals surface area contributed by atoms with Crippen LogP contribution in [-0.4, -0.2) is 49.1 Å². The molecule has 0 spiro atoms. The third-order valence-electron chi connectivity index (χ3n) is 3.13. The summed E-state index contributed by atoms with van der Waals surface area (Å²) in [5.74, 6) is -3.52. The Bertz CT molecular complexity index is 644. The molecular formula is C15H19F2N5O2. The first-order valence-corrected chi connectivity index (χ1v) is 7.41. The molecule has 0 radical (unpaired) electrons. The molecule has 9 heteroatoms. The number of aliphatic hydroxyl groups is 1. The van der Waals surface area contributed by atoms with Crippen LogP contribution >= 0.6 is 0 Å². The van der Waals surface area contributed by atoms with Crippen LogP contribution in [0.25, 0.3) is 6.08 Å². The van der Waals surface area contributed by atoms with Crippen LogP contribution in [0.1, 0.15) is 25.1 Å². The third kappa shape index (κ3) is 4.87. The second kappa shape index (κ2) is 8.02. The highest BCUT2D eigenvalue weighted by Crippen LogP contribution is 2.31. The minimum Gasteiger partial charge on any atom is -0.384 e. The highest BCUT2D eigenvalue weighted by atomic mass is 19.3. The SMILES string of the molecule is CC(C)OCC=Cc1ccc(C(F)(F)C(O)Cn2cnnn2)nc1. The zero-order valence-electron chi connectivity index (χ0n) is 13.4. The molecular weight excluding hydrogens is 320 g/mol. The number of nitrogens with zero attached hydrogens (tertiary/aromatic N) is 5. The van der Waals surface area contributed by atoms with Crippen molar-refractivity contribution >= 4 is 6.08 Å². The molecule has 0 amide bonds. The van der Waals surface area contributed by atoms with Crippen molar-refractivity contribution in [3.63, 3.8) is 0 Å². The molecule has 0 aliphatic heterocycles. The van der Waals surface area contributed by atoms with Crippen LogP contribution in [0, 0.1) is 0 Å². The predicted octanol–water partition coefficient (Wildman–Crippen LogP) is 1.66. The molecule has 0 aromatic carbocycles. The third-order valence-corrected chi connectivity index (χ3v) is 3.13. The van der Waals surface area contributed by atoms with Gasteiger partial charge in [0.1, 0.15) is 18.1 Å². The molecule has 1 atom stereocenters. The van der Waals surface area contributed by atoms with E-state index in [-0.39, 0.29) is 6.10 Å². The molecule has 2 rings (SSSR count). The number of ether oxygens (including phenoxy) is 1. The van der Waals surface area contributed by atoms with Crippen LogP contribution in [0.2, 0.25) is 0 Å². The van der Waals surface area contributed by atoms with Crippen molar-refractivity contribution in [1.82, 2.24) is 25.2 Å². The Morgan fingerprint density at radius 1 is 1.38 bits per heavy atom. The van der Waals surface area contributed by atoms with Crippen LogP contribution in [0.3, 0.4) is 0 Å². The Labute approximate surface area is 138 Å². The van der Waals surface area contributed by atoms with Gasteiger partial charge < -0.3 is 9.84 Å². The number of pyridine rings is 1. The smallest absolute Gasteiger partial charge is 0.316 e. The molecule has 24 heavy (non-hydrogen) atoms. The molecule has 2 aromatic heterocycles. The van der Waals surface area contributed by atoms with Crippen molar-refractivity contribution in [3.8, 4) is 0 Å². The van der Waals surface area contributed by atoms with E-state index in [0.29, 0.717) is 12.2 Å². The van der Waals surface area contributed by atoms with E-state index >= 15 is 0 Å². The minimum absolute atomic E-state index is 0.121. The Balaban J connectivity index is 2.00. The molecule has 0 fully saturated rings. The van der Waals surface area contributed by atoms with Crippen LogP contribution in [-0.2, 0) is 17.2 Å². The molecule has 0 saturated carbocycles. The fraction of sp³-hybridized carbons (Fsp3) is 0.467. The van der Waals surface area contributed by atoms with Gasteiger partial charge in [-0.1, -0.05) is 18.2 Å². The number of hydrogen-bond acceptors (Lipinski definition) is 6. The molecule has 130 valence electrons. The summed E-state index contributed by atoms with van der Waals surface area (Å²) >= 11 is 0. The maximum atomic E-state index is 14.2. The summed E-state index contributed by atoms with van der Waals surface area (Å²) in [6.07, 6.45) is 4.11. The van der Waals surface area contributed by atoms with Crippen molar-refractivity contribution in [3.05, 3.63) is 42.0 Å². The van der Waals surface area contributed by atoms with Gasteiger partial charge in [-0.3, -0.25) is 4.98 Å². The van der Waals surface area contributed by atoms with Crippen molar-refractivity contribution in [2.45, 2.75) is 38.5 Å². The quantitative estimate of drug-likeness (QED) is 0.787. The second-order valence-electron chi connectivity index (χ2n) is 5.43. The normalized spacial score (nSPS) is 13.8. The molecule has 2 heterocycles. The van der Waals surface area contributed by atoms with Crippen molar-refractivity contribution in [2.24, 2.45) is 0 Å². The van der Waals surface area contributed by atoms with E-state index in [4.69, 9.17) is 4.74 Å². The fourth-order valence-electron chi connectivity index (χ4n) is 1.86. The van der Waals surface area contributed by atoms with Crippen molar-refractivity contribution in [2.75, 3.05) is 6.61 Å². The number of rotatable bonds is 8. The lowest BCUT2D eigenvalue weighted by atomic mass is 10.1. The van der Waals surface area contributed by atoms with E-state index in [1.807, 2.05) is 13.8 Å². The maximum absolute atomic E-state index is 14.2. The van der Waals surface area contributed by atoms with Crippen LogP contribution in [0.4, 0.5) is 8.78 Å². The van der Waals surface area contributed by atoms with E-state index in [1.165, 1.54) is 18.3 Å². The lowest BCUT2D eigenvalue weighted by Gasteiger charge is -2.21. The van der Waals surface area contributed by atoms with Crippen LogP contribution in [0.15, 0.2) is 30.7 Å². The molecule has 0 saturated heterocycles. The summed E-state index contributed by atoms with van der Waals surface area (Å²) in [6.45, 7) is 3.84. The number of hydrogen-bond donors (Lipinski definition) is 1. The average Bonchev–Trinajstić information content (AvgIpc) is 3.05. The zero-order valence-corrected chi connectivity index (χ0v) is 13.4. The molecule has 1 unspecified atom stereocenters. The van der Waals surface area contributed by atoms with E-state index in [0.717, 1.165) is 11.0 Å². The van der Waals surface area contributed by atoms with Gasteiger partial charge in [0.25, 0.3) is 0 Å². The largest absolute Gasteiger partial charge is 0.384 e. The first-order valence-electron chi connectivity index (χ1n) is 7.41. The van der Waals surface area contributed by atoms with E-state index in [2.05, 4.69) is 20.5 Å². The Hall–Kier alpha value is -2.26. The first kappa shape index (κ1) is 18.1. The molecule has 0 bridgehead atoms. The number of alkyl halides is 2.